The van der Waals surface area contributed by atoms with E-state index in [4.69, 9.17) is 13.9 Å². The van der Waals surface area contributed by atoms with Crippen molar-refractivity contribution in [1.82, 2.24) is 4.98 Å². The zero-order valence-electron chi connectivity index (χ0n) is 17.0. The quantitative estimate of drug-likeness (QED) is 0.205. The van der Waals surface area contributed by atoms with Crippen LogP contribution in [0.3, 0.4) is 0 Å². The number of hydrogen-bond donors (Lipinski definition) is 0. The first kappa shape index (κ1) is 20.0. The van der Waals surface area contributed by atoms with E-state index < -0.39 is 11.6 Å². The maximum absolute atomic E-state index is 12.6. The highest BCUT2D eigenvalue weighted by atomic mass is 32.1. The van der Waals surface area contributed by atoms with Crippen molar-refractivity contribution in [3.05, 3.63) is 93.8 Å². The van der Waals surface area contributed by atoms with Crippen molar-refractivity contribution in [2.24, 2.45) is 0 Å². The SMILES string of the molecule is COc1ccc(-c2nc(C(=O)OCc3cc(=O)oc4ccc5ccccc5c34)cs2)cc1. The predicted octanol–water partition coefficient (Wildman–Crippen LogP) is 5.44. The van der Waals surface area contributed by atoms with Gasteiger partial charge in [-0.05, 0) is 41.1 Å². The lowest BCUT2D eigenvalue weighted by molar-refractivity contribution is 0.0468. The van der Waals surface area contributed by atoms with Gasteiger partial charge in [-0.1, -0.05) is 30.3 Å². The van der Waals surface area contributed by atoms with Gasteiger partial charge in [0.2, 0.25) is 0 Å². The molecule has 0 aliphatic carbocycles. The van der Waals surface area contributed by atoms with E-state index in [0.29, 0.717) is 16.2 Å². The van der Waals surface area contributed by atoms with Crippen LogP contribution in [0, 0.1) is 0 Å². The fourth-order valence-electron chi connectivity index (χ4n) is 3.58. The van der Waals surface area contributed by atoms with E-state index in [1.165, 1.54) is 17.4 Å². The molecule has 0 fully saturated rings. The van der Waals surface area contributed by atoms with E-state index in [2.05, 4.69) is 4.98 Å². The maximum atomic E-state index is 12.6. The molecule has 0 bridgehead atoms. The summed E-state index contributed by atoms with van der Waals surface area (Å²) >= 11 is 1.36. The van der Waals surface area contributed by atoms with E-state index in [0.717, 1.165) is 27.5 Å². The summed E-state index contributed by atoms with van der Waals surface area (Å²) in [4.78, 5) is 29.1. The van der Waals surface area contributed by atoms with Crippen molar-refractivity contribution in [2.45, 2.75) is 6.61 Å². The molecule has 0 atom stereocenters. The first-order valence-electron chi connectivity index (χ1n) is 9.84. The van der Waals surface area contributed by atoms with E-state index in [1.54, 1.807) is 18.6 Å². The van der Waals surface area contributed by atoms with Crippen molar-refractivity contribution in [2.75, 3.05) is 7.11 Å². The molecule has 0 spiro atoms. The highest BCUT2D eigenvalue weighted by molar-refractivity contribution is 7.13. The zero-order chi connectivity index (χ0) is 22.1. The average Bonchev–Trinajstić information content (AvgIpc) is 3.32. The summed E-state index contributed by atoms with van der Waals surface area (Å²) in [5.41, 5.74) is 1.66. The fourth-order valence-corrected chi connectivity index (χ4v) is 4.38. The number of rotatable bonds is 5. The van der Waals surface area contributed by atoms with Gasteiger partial charge in [-0.3, -0.25) is 0 Å². The Bertz CT molecular complexity index is 1500. The molecule has 6 nitrogen and oxygen atoms in total. The van der Waals surface area contributed by atoms with Crippen molar-refractivity contribution in [3.8, 4) is 16.3 Å². The number of fused-ring (bicyclic) bond motifs is 3. The van der Waals surface area contributed by atoms with Gasteiger partial charge in [0, 0.05) is 28.0 Å². The summed E-state index contributed by atoms with van der Waals surface area (Å²) in [6.07, 6.45) is 0. The number of nitrogens with zero attached hydrogens (tertiary/aromatic N) is 1. The topological polar surface area (TPSA) is 78.6 Å². The Morgan fingerprint density at radius 2 is 1.88 bits per heavy atom. The summed E-state index contributed by atoms with van der Waals surface area (Å²) in [6, 6.07) is 20.2. The molecule has 5 aromatic rings. The molecule has 32 heavy (non-hydrogen) atoms. The van der Waals surface area contributed by atoms with Crippen LogP contribution in [0.2, 0.25) is 0 Å². The molecule has 0 saturated carbocycles. The second-order valence-corrected chi connectivity index (χ2v) is 7.95. The Hall–Kier alpha value is -3.97. The summed E-state index contributed by atoms with van der Waals surface area (Å²) in [5, 5.41) is 5.05. The lowest BCUT2D eigenvalue weighted by atomic mass is 10.0. The summed E-state index contributed by atoms with van der Waals surface area (Å²) in [6.45, 7) is -0.0651. The molecule has 0 saturated heterocycles. The summed E-state index contributed by atoms with van der Waals surface area (Å²) in [5.74, 6) is 0.194. The first-order chi connectivity index (χ1) is 15.6. The van der Waals surface area contributed by atoms with Crippen LogP contribution < -0.4 is 10.4 Å². The smallest absolute Gasteiger partial charge is 0.358 e. The lowest BCUT2D eigenvalue weighted by Crippen LogP contribution is -2.08. The molecule has 0 radical (unpaired) electrons. The minimum atomic E-state index is -0.553. The number of esters is 1. The van der Waals surface area contributed by atoms with Gasteiger partial charge in [-0.2, -0.15) is 0 Å². The largest absolute Gasteiger partial charge is 0.497 e. The van der Waals surface area contributed by atoms with Gasteiger partial charge in [0.25, 0.3) is 0 Å². The Kier molecular flexibility index (Phi) is 5.17. The molecule has 2 aromatic heterocycles. The number of ether oxygens (including phenoxy) is 2. The van der Waals surface area contributed by atoms with Gasteiger partial charge in [0.05, 0.1) is 7.11 Å². The first-order valence-corrected chi connectivity index (χ1v) is 10.7. The zero-order valence-corrected chi connectivity index (χ0v) is 17.8. The van der Waals surface area contributed by atoms with Gasteiger partial charge in [0.15, 0.2) is 5.69 Å². The van der Waals surface area contributed by atoms with Crippen LogP contribution in [0.1, 0.15) is 16.1 Å². The normalized spacial score (nSPS) is 11.0. The Morgan fingerprint density at radius 3 is 2.69 bits per heavy atom. The molecule has 2 heterocycles. The molecule has 3 aromatic carbocycles. The van der Waals surface area contributed by atoms with Crippen LogP contribution in [0.4, 0.5) is 0 Å². The van der Waals surface area contributed by atoms with E-state index >= 15 is 0 Å². The Balaban J connectivity index is 1.41. The molecule has 0 N–H and O–H groups in total. The highest BCUT2D eigenvalue weighted by Gasteiger charge is 2.16. The third-order valence-corrected chi connectivity index (χ3v) is 6.01. The van der Waals surface area contributed by atoms with Crippen molar-refractivity contribution < 1.29 is 18.7 Å². The molecule has 0 amide bonds. The van der Waals surface area contributed by atoms with Crippen LogP contribution in [-0.4, -0.2) is 18.1 Å². The number of aromatic nitrogens is 1. The van der Waals surface area contributed by atoms with Crippen LogP contribution in [0.25, 0.3) is 32.3 Å². The molecule has 0 unspecified atom stereocenters. The monoisotopic (exact) mass is 443 g/mol. The molecule has 7 heteroatoms. The number of hydrogen-bond acceptors (Lipinski definition) is 7. The number of methoxy groups -OCH3 is 1. The number of carbonyl (C=O) groups is 1. The van der Waals surface area contributed by atoms with E-state index in [-0.39, 0.29) is 12.3 Å². The number of benzene rings is 3. The average molecular weight is 443 g/mol. The standard InChI is InChI=1S/C25H17NO5S/c1-29-18-9-6-16(7-10-18)24-26-20(14-32-24)25(28)30-13-17-12-22(27)31-21-11-8-15-4-2-3-5-19(15)23(17)21/h2-12,14H,13H2,1H3. The van der Waals surface area contributed by atoms with Gasteiger partial charge in [-0.15, -0.1) is 11.3 Å². The number of carbonyl (C=O) groups excluding carboxylic acids is 1. The van der Waals surface area contributed by atoms with E-state index in [9.17, 15) is 9.59 Å². The highest BCUT2D eigenvalue weighted by Crippen LogP contribution is 2.29. The Morgan fingerprint density at radius 1 is 1.06 bits per heavy atom. The number of thiazole rings is 1. The Labute approximate surface area is 186 Å². The molecular formula is C25H17NO5S. The summed E-state index contributed by atoms with van der Waals surface area (Å²) in [7, 11) is 1.61. The minimum Gasteiger partial charge on any atom is -0.497 e. The third-order valence-electron chi connectivity index (χ3n) is 5.12. The van der Waals surface area contributed by atoms with Gasteiger partial charge in [-0.25, -0.2) is 14.6 Å². The van der Waals surface area contributed by atoms with Crippen LogP contribution in [0.15, 0.2) is 81.3 Å². The maximum Gasteiger partial charge on any atom is 0.358 e. The molecular weight excluding hydrogens is 426 g/mol. The minimum absolute atomic E-state index is 0.0651. The molecule has 0 aliphatic heterocycles. The summed E-state index contributed by atoms with van der Waals surface area (Å²) < 4.78 is 16.0. The van der Waals surface area contributed by atoms with Gasteiger partial charge in [0.1, 0.15) is 22.9 Å². The molecule has 5 rings (SSSR count). The van der Waals surface area contributed by atoms with Crippen LogP contribution in [0.5, 0.6) is 5.75 Å². The van der Waals surface area contributed by atoms with Crippen molar-refractivity contribution in [3.63, 3.8) is 0 Å². The predicted molar refractivity (Wildman–Crippen MR) is 123 cm³/mol. The van der Waals surface area contributed by atoms with Crippen LogP contribution in [-0.2, 0) is 11.3 Å². The second-order valence-electron chi connectivity index (χ2n) is 7.09. The van der Waals surface area contributed by atoms with Crippen molar-refractivity contribution in [1.29, 1.82) is 0 Å². The van der Waals surface area contributed by atoms with Crippen LogP contribution >= 0.6 is 11.3 Å². The lowest BCUT2D eigenvalue weighted by Gasteiger charge is -2.09. The third kappa shape index (κ3) is 3.74. The van der Waals surface area contributed by atoms with Crippen molar-refractivity contribution >= 4 is 39.0 Å². The fraction of sp³-hybridized carbons (Fsp3) is 0.0800. The second kappa shape index (κ2) is 8.28. The molecule has 158 valence electrons. The molecule has 0 aliphatic rings. The van der Waals surface area contributed by atoms with Gasteiger partial charge < -0.3 is 13.9 Å². The van der Waals surface area contributed by atoms with Gasteiger partial charge >= 0.3 is 11.6 Å². The van der Waals surface area contributed by atoms with E-state index in [1.807, 2.05) is 54.6 Å².